The van der Waals surface area contributed by atoms with Gasteiger partial charge in [-0.2, -0.15) is 0 Å². The van der Waals surface area contributed by atoms with Crippen molar-refractivity contribution in [2.45, 2.75) is 26.2 Å². The van der Waals surface area contributed by atoms with Crippen molar-refractivity contribution in [2.75, 3.05) is 6.54 Å². The molecule has 0 fully saturated rings. The fourth-order valence-corrected chi connectivity index (χ4v) is 1.75. The maximum atomic E-state index is 13.5. The average Bonchev–Trinajstić information content (AvgIpc) is 2.21. The van der Waals surface area contributed by atoms with Crippen molar-refractivity contribution in [3.05, 3.63) is 35.4 Å². The highest BCUT2D eigenvalue weighted by Gasteiger charge is 2.19. The van der Waals surface area contributed by atoms with Crippen LogP contribution in [0.2, 0.25) is 0 Å². The molecule has 2 unspecified atom stereocenters. The van der Waals surface area contributed by atoms with Crippen molar-refractivity contribution in [3.8, 4) is 0 Å². The topological polar surface area (TPSA) is 26.0 Å². The van der Waals surface area contributed by atoms with Gasteiger partial charge in [0.1, 0.15) is 11.6 Å². The lowest BCUT2D eigenvalue weighted by atomic mass is 9.85. The van der Waals surface area contributed by atoms with Crippen LogP contribution in [0.25, 0.3) is 0 Å². The van der Waals surface area contributed by atoms with E-state index < -0.39 is 11.6 Å². The van der Waals surface area contributed by atoms with Gasteiger partial charge in [-0.3, -0.25) is 0 Å². The maximum Gasteiger partial charge on any atom is 0.129 e. The molecule has 1 rings (SSSR count). The van der Waals surface area contributed by atoms with Gasteiger partial charge in [-0.15, -0.1) is 0 Å². The second-order valence-corrected chi connectivity index (χ2v) is 3.89. The lowest BCUT2D eigenvalue weighted by Gasteiger charge is -2.22. The summed E-state index contributed by atoms with van der Waals surface area (Å²) in [7, 11) is 0. The zero-order valence-corrected chi connectivity index (χ0v) is 9.13. The van der Waals surface area contributed by atoms with Crippen molar-refractivity contribution in [1.29, 1.82) is 0 Å². The van der Waals surface area contributed by atoms with Crippen molar-refractivity contribution >= 4 is 0 Å². The summed E-state index contributed by atoms with van der Waals surface area (Å²) in [5.74, 6) is -0.771. The lowest BCUT2D eigenvalue weighted by Crippen LogP contribution is -2.20. The van der Waals surface area contributed by atoms with Gasteiger partial charge < -0.3 is 5.73 Å². The molecule has 0 saturated carbocycles. The molecule has 0 aliphatic rings. The van der Waals surface area contributed by atoms with Gasteiger partial charge >= 0.3 is 0 Å². The Morgan fingerprint density at radius 1 is 1.33 bits per heavy atom. The van der Waals surface area contributed by atoms with Crippen LogP contribution in [-0.4, -0.2) is 6.54 Å². The largest absolute Gasteiger partial charge is 0.330 e. The van der Waals surface area contributed by atoms with Crippen LogP contribution >= 0.6 is 0 Å². The Kier molecular flexibility index (Phi) is 4.21. The predicted molar refractivity (Wildman–Crippen MR) is 57.6 cm³/mol. The zero-order chi connectivity index (χ0) is 11.4. The highest BCUT2D eigenvalue weighted by atomic mass is 19.1. The van der Waals surface area contributed by atoms with Gasteiger partial charge in [0.05, 0.1) is 0 Å². The molecule has 0 aliphatic carbocycles. The van der Waals surface area contributed by atoms with Crippen LogP contribution in [0.5, 0.6) is 0 Å². The minimum absolute atomic E-state index is 0.0319. The second-order valence-electron chi connectivity index (χ2n) is 3.89. The highest BCUT2D eigenvalue weighted by Crippen LogP contribution is 2.28. The van der Waals surface area contributed by atoms with Gasteiger partial charge in [-0.1, -0.05) is 26.3 Å². The number of nitrogens with two attached hydrogens (primary N) is 1. The van der Waals surface area contributed by atoms with Crippen LogP contribution in [0.1, 0.15) is 31.7 Å². The summed E-state index contributed by atoms with van der Waals surface area (Å²) >= 11 is 0. The summed E-state index contributed by atoms with van der Waals surface area (Å²) in [6.45, 7) is 4.45. The molecular formula is C12H17F2N. The summed E-state index contributed by atoms with van der Waals surface area (Å²) in [6, 6.07) is 3.69. The zero-order valence-electron chi connectivity index (χ0n) is 9.13. The molecule has 0 spiro atoms. The van der Waals surface area contributed by atoms with E-state index in [2.05, 4.69) is 0 Å². The van der Waals surface area contributed by atoms with Crippen LogP contribution in [0.4, 0.5) is 8.78 Å². The van der Waals surface area contributed by atoms with E-state index in [0.29, 0.717) is 18.0 Å². The molecule has 0 radical (unpaired) electrons. The Balaban J connectivity index is 3.01. The molecule has 1 nitrogen and oxygen atoms in total. The van der Waals surface area contributed by atoms with E-state index in [4.69, 9.17) is 5.73 Å². The quantitative estimate of drug-likeness (QED) is 0.817. The minimum Gasteiger partial charge on any atom is -0.330 e. The molecule has 1 aromatic carbocycles. The summed E-state index contributed by atoms with van der Waals surface area (Å²) in [4.78, 5) is 0. The van der Waals surface area contributed by atoms with Gasteiger partial charge in [0.2, 0.25) is 0 Å². The van der Waals surface area contributed by atoms with E-state index in [-0.39, 0.29) is 5.92 Å². The monoisotopic (exact) mass is 213 g/mol. The number of hydrogen-bond acceptors (Lipinski definition) is 1. The Bertz CT molecular complexity index is 325. The summed E-state index contributed by atoms with van der Waals surface area (Å²) in [6.07, 6.45) is 0.929. The van der Waals surface area contributed by atoms with E-state index in [1.807, 2.05) is 13.8 Å². The number of hydrogen-bond donors (Lipinski definition) is 1. The van der Waals surface area contributed by atoms with E-state index in [1.165, 1.54) is 12.1 Å². The lowest BCUT2D eigenvalue weighted by molar-refractivity contribution is 0.433. The molecule has 2 atom stereocenters. The first-order valence-corrected chi connectivity index (χ1v) is 5.25. The summed E-state index contributed by atoms with van der Waals surface area (Å²) < 4.78 is 26.2. The van der Waals surface area contributed by atoms with E-state index in [0.717, 1.165) is 12.5 Å². The molecule has 2 N–H and O–H groups in total. The summed E-state index contributed by atoms with van der Waals surface area (Å²) in [5, 5.41) is 0. The Morgan fingerprint density at radius 3 is 2.47 bits per heavy atom. The third kappa shape index (κ3) is 2.75. The fraction of sp³-hybridized carbons (Fsp3) is 0.500. The number of rotatable bonds is 4. The molecule has 15 heavy (non-hydrogen) atoms. The average molecular weight is 213 g/mol. The molecule has 3 heteroatoms. The van der Waals surface area contributed by atoms with Gasteiger partial charge in [0.15, 0.2) is 0 Å². The Morgan fingerprint density at radius 2 is 2.00 bits per heavy atom. The van der Waals surface area contributed by atoms with E-state index in [1.54, 1.807) is 0 Å². The molecule has 84 valence electrons. The Labute approximate surface area is 89.3 Å². The first-order chi connectivity index (χ1) is 7.10. The van der Waals surface area contributed by atoms with Crippen LogP contribution in [-0.2, 0) is 0 Å². The fourth-order valence-electron chi connectivity index (χ4n) is 1.75. The van der Waals surface area contributed by atoms with Gasteiger partial charge in [-0.05, 0) is 24.1 Å². The minimum atomic E-state index is -0.545. The first kappa shape index (κ1) is 12.1. The van der Waals surface area contributed by atoms with Gasteiger partial charge in [0.25, 0.3) is 0 Å². The summed E-state index contributed by atoms with van der Waals surface area (Å²) in [5.41, 5.74) is 6.15. The first-order valence-electron chi connectivity index (χ1n) is 5.25. The van der Waals surface area contributed by atoms with Crippen LogP contribution < -0.4 is 5.73 Å². The van der Waals surface area contributed by atoms with Gasteiger partial charge in [-0.25, -0.2) is 8.78 Å². The molecular weight excluding hydrogens is 196 g/mol. The SMILES string of the molecule is CCC(C)C(CN)c1ccc(F)cc1F. The molecule has 0 amide bonds. The molecule has 0 bridgehead atoms. The van der Waals surface area contributed by atoms with Crippen molar-refractivity contribution in [3.63, 3.8) is 0 Å². The highest BCUT2D eigenvalue weighted by molar-refractivity contribution is 5.23. The molecule has 0 aromatic heterocycles. The molecule has 0 aliphatic heterocycles. The number of benzene rings is 1. The maximum absolute atomic E-state index is 13.5. The third-order valence-electron chi connectivity index (χ3n) is 2.95. The van der Waals surface area contributed by atoms with Crippen LogP contribution in [0, 0.1) is 17.6 Å². The van der Waals surface area contributed by atoms with E-state index >= 15 is 0 Å². The normalized spacial score (nSPS) is 15.0. The van der Waals surface area contributed by atoms with Crippen molar-refractivity contribution < 1.29 is 8.78 Å². The van der Waals surface area contributed by atoms with Gasteiger partial charge in [0, 0.05) is 12.0 Å². The smallest absolute Gasteiger partial charge is 0.129 e. The third-order valence-corrected chi connectivity index (χ3v) is 2.95. The second kappa shape index (κ2) is 5.21. The van der Waals surface area contributed by atoms with Crippen molar-refractivity contribution in [2.24, 2.45) is 11.7 Å². The molecule has 1 aromatic rings. The van der Waals surface area contributed by atoms with E-state index in [9.17, 15) is 8.78 Å². The predicted octanol–water partition coefficient (Wildman–Crippen LogP) is 3.05. The standard InChI is InChI=1S/C12H17F2N/c1-3-8(2)11(7-15)10-5-4-9(13)6-12(10)14/h4-6,8,11H,3,7,15H2,1-2H3. The van der Waals surface area contributed by atoms with Crippen LogP contribution in [0.3, 0.4) is 0 Å². The van der Waals surface area contributed by atoms with Crippen LogP contribution in [0.15, 0.2) is 18.2 Å². The molecule has 0 saturated heterocycles. The molecule has 0 heterocycles. The van der Waals surface area contributed by atoms with Crippen molar-refractivity contribution in [1.82, 2.24) is 0 Å². The number of halogens is 2. The Hall–Kier alpha value is -0.960.